The minimum atomic E-state index is -1.05. The fraction of sp³-hybridized carbons (Fsp3) is 0.429. The maximum atomic E-state index is 10.3. The molecule has 0 saturated carbocycles. The van der Waals surface area contributed by atoms with Crippen molar-refractivity contribution in [1.82, 2.24) is 4.98 Å². The third-order valence-corrected chi connectivity index (χ3v) is 1.23. The van der Waals surface area contributed by atoms with E-state index >= 15 is 0 Å². The molecule has 0 aliphatic carbocycles. The van der Waals surface area contributed by atoms with Crippen LogP contribution in [-0.4, -0.2) is 16.1 Å². The number of hydrogen-bond donors (Lipinski definition) is 1. The molecule has 4 heteroatoms. The molecule has 1 rings (SSSR count). The third-order valence-electron chi connectivity index (χ3n) is 1.23. The summed E-state index contributed by atoms with van der Waals surface area (Å²) in [7, 11) is 0. The van der Waals surface area contributed by atoms with Gasteiger partial charge in [0, 0.05) is 5.92 Å². The van der Waals surface area contributed by atoms with Crippen molar-refractivity contribution in [3.63, 3.8) is 0 Å². The number of carboxylic acid groups (broad SMARTS) is 1. The van der Waals surface area contributed by atoms with Crippen molar-refractivity contribution < 1.29 is 14.3 Å². The number of aromatic nitrogens is 1. The van der Waals surface area contributed by atoms with Gasteiger partial charge in [0.05, 0.1) is 0 Å². The van der Waals surface area contributed by atoms with Crippen molar-refractivity contribution in [3.05, 3.63) is 17.8 Å². The van der Waals surface area contributed by atoms with Gasteiger partial charge in [-0.15, -0.1) is 0 Å². The third kappa shape index (κ3) is 1.58. The predicted octanol–water partition coefficient (Wildman–Crippen LogP) is 1.50. The van der Waals surface area contributed by atoms with Gasteiger partial charge in [-0.1, -0.05) is 13.8 Å². The van der Waals surface area contributed by atoms with E-state index in [1.54, 1.807) is 0 Å². The molecule has 1 aromatic rings. The molecule has 0 amide bonds. The van der Waals surface area contributed by atoms with Gasteiger partial charge in [-0.2, -0.15) is 0 Å². The van der Waals surface area contributed by atoms with Crippen LogP contribution < -0.4 is 0 Å². The number of carbonyl (C=O) groups is 1. The lowest BCUT2D eigenvalue weighted by atomic mass is 10.2. The van der Waals surface area contributed by atoms with Crippen molar-refractivity contribution in [1.29, 1.82) is 0 Å². The molecule has 0 atom stereocenters. The molecule has 0 aromatic carbocycles. The van der Waals surface area contributed by atoms with Crippen LogP contribution >= 0.6 is 0 Å². The first-order chi connectivity index (χ1) is 5.11. The molecule has 1 aromatic heterocycles. The fourth-order valence-electron chi connectivity index (χ4n) is 0.651. The summed E-state index contributed by atoms with van der Waals surface area (Å²) in [4.78, 5) is 14.1. The van der Waals surface area contributed by atoms with Gasteiger partial charge in [-0.3, -0.25) is 0 Å². The van der Waals surface area contributed by atoms with Crippen LogP contribution in [0.3, 0.4) is 0 Å². The first kappa shape index (κ1) is 7.78. The molecule has 0 aliphatic rings. The van der Waals surface area contributed by atoms with Crippen LogP contribution in [-0.2, 0) is 0 Å². The molecule has 0 radical (unpaired) electrons. The van der Waals surface area contributed by atoms with Crippen LogP contribution in [0.5, 0.6) is 0 Å². The van der Waals surface area contributed by atoms with E-state index in [-0.39, 0.29) is 11.6 Å². The van der Waals surface area contributed by atoms with Crippen molar-refractivity contribution in [2.75, 3.05) is 0 Å². The van der Waals surface area contributed by atoms with Crippen LogP contribution in [0.15, 0.2) is 10.7 Å². The van der Waals surface area contributed by atoms with Crippen LogP contribution in [0.2, 0.25) is 0 Å². The Labute approximate surface area is 63.9 Å². The summed E-state index contributed by atoms with van der Waals surface area (Å²) in [6, 6.07) is 0. The van der Waals surface area contributed by atoms with Gasteiger partial charge in [-0.25, -0.2) is 9.78 Å². The SMILES string of the molecule is CC(C)c1nc(C(=O)O)co1. The molecule has 11 heavy (non-hydrogen) atoms. The maximum Gasteiger partial charge on any atom is 0.357 e. The van der Waals surface area contributed by atoms with E-state index in [2.05, 4.69) is 4.98 Å². The van der Waals surface area contributed by atoms with E-state index in [1.165, 1.54) is 0 Å². The lowest BCUT2D eigenvalue weighted by Crippen LogP contribution is -1.97. The molecule has 60 valence electrons. The average molecular weight is 155 g/mol. The molecule has 0 unspecified atom stereocenters. The first-order valence-electron chi connectivity index (χ1n) is 3.30. The summed E-state index contributed by atoms with van der Waals surface area (Å²) in [6.45, 7) is 3.77. The molecule has 0 saturated heterocycles. The summed E-state index contributed by atoms with van der Waals surface area (Å²) >= 11 is 0. The van der Waals surface area contributed by atoms with E-state index in [0.29, 0.717) is 5.89 Å². The van der Waals surface area contributed by atoms with Gasteiger partial charge in [0.1, 0.15) is 6.26 Å². The van der Waals surface area contributed by atoms with Crippen molar-refractivity contribution in [2.45, 2.75) is 19.8 Å². The monoisotopic (exact) mass is 155 g/mol. The zero-order valence-corrected chi connectivity index (χ0v) is 6.37. The highest BCUT2D eigenvalue weighted by Crippen LogP contribution is 2.12. The second kappa shape index (κ2) is 2.74. The zero-order valence-electron chi connectivity index (χ0n) is 6.37. The number of aromatic carboxylic acids is 1. The Hall–Kier alpha value is -1.32. The summed E-state index contributed by atoms with van der Waals surface area (Å²) < 4.78 is 4.90. The molecule has 0 aliphatic heterocycles. The first-order valence-corrected chi connectivity index (χ1v) is 3.30. The smallest absolute Gasteiger partial charge is 0.357 e. The summed E-state index contributed by atoms with van der Waals surface area (Å²) in [5, 5.41) is 8.46. The quantitative estimate of drug-likeness (QED) is 0.702. The highest BCUT2D eigenvalue weighted by Gasteiger charge is 2.11. The molecule has 1 heterocycles. The second-order valence-electron chi connectivity index (χ2n) is 2.53. The summed E-state index contributed by atoms with van der Waals surface area (Å²) in [5.74, 6) is -0.467. The Kier molecular flexibility index (Phi) is 1.94. The summed E-state index contributed by atoms with van der Waals surface area (Å²) in [6.07, 6.45) is 1.15. The summed E-state index contributed by atoms with van der Waals surface area (Å²) in [5.41, 5.74) is -0.0336. The predicted molar refractivity (Wildman–Crippen MR) is 37.6 cm³/mol. The maximum absolute atomic E-state index is 10.3. The fourth-order valence-corrected chi connectivity index (χ4v) is 0.651. The van der Waals surface area contributed by atoms with Crippen LogP contribution in [0.1, 0.15) is 36.1 Å². The zero-order chi connectivity index (χ0) is 8.43. The Morgan fingerprint density at radius 1 is 1.73 bits per heavy atom. The van der Waals surface area contributed by atoms with E-state index in [4.69, 9.17) is 9.52 Å². The van der Waals surface area contributed by atoms with Crippen molar-refractivity contribution >= 4 is 5.97 Å². The van der Waals surface area contributed by atoms with Crippen LogP contribution in [0.25, 0.3) is 0 Å². The molecular formula is C7H9NO3. The Balaban J connectivity index is 2.90. The second-order valence-corrected chi connectivity index (χ2v) is 2.53. The van der Waals surface area contributed by atoms with Crippen LogP contribution in [0, 0.1) is 0 Å². The minimum Gasteiger partial charge on any atom is -0.476 e. The lowest BCUT2D eigenvalue weighted by Gasteiger charge is -1.93. The van der Waals surface area contributed by atoms with Gasteiger partial charge in [0.25, 0.3) is 0 Å². The topological polar surface area (TPSA) is 63.3 Å². The molecule has 0 bridgehead atoms. The Morgan fingerprint density at radius 2 is 2.36 bits per heavy atom. The molecule has 1 N–H and O–H groups in total. The number of rotatable bonds is 2. The normalized spacial score (nSPS) is 10.5. The highest BCUT2D eigenvalue weighted by molar-refractivity contribution is 5.84. The van der Waals surface area contributed by atoms with E-state index in [0.717, 1.165) is 6.26 Å². The van der Waals surface area contributed by atoms with Gasteiger partial charge < -0.3 is 9.52 Å². The molecule has 4 nitrogen and oxygen atoms in total. The Morgan fingerprint density at radius 3 is 2.64 bits per heavy atom. The molecule has 0 fully saturated rings. The van der Waals surface area contributed by atoms with Gasteiger partial charge in [0.15, 0.2) is 11.6 Å². The number of oxazole rings is 1. The van der Waals surface area contributed by atoms with E-state index in [9.17, 15) is 4.79 Å². The standard InChI is InChI=1S/C7H9NO3/c1-4(2)6-8-5(3-11-6)7(9)10/h3-4H,1-2H3,(H,9,10). The number of carboxylic acids is 1. The number of hydrogen-bond acceptors (Lipinski definition) is 3. The van der Waals surface area contributed by atoms with Gasteiger partial charge in [-0.05, 0) is 0 Å². The lowest BCUT2D eigenvalue weighted by molar-refractivity contribution is 0.0690. The van der Waals surface area contributed by atoms with Crippen molar-refractivity contribution in [3.8, 4) is 0 Å². The van der Waals surface area contributed by atoms with Crippen molar-refractivity contribution in [2.24, 2.45) is 0 Å². The highest BCUT2D eigenvalue weighted by atomic mass is 16.4. The van der Waals surface area contributed by atoms with E-state index in [1.807, 2.05) is 13.8 Å². The van der Waals surface area contributed by atoms with E-state index < -0.39 is 5.97 Å². The molecular weight excluding hydrogens is 146 g/mol. The Bertz CT molecular complexity index is 264. The van der Waals surface area contributed by atoms with Gasteiger partial charge in [0.2, 0.25) is 0 Å². The molecule has 0 spiro atoms. The van der Waals surface area contributed by atoms with Gasteiger partial charge >= 0.3 is 5.97 Å². The average Bonchev–Trinajstić information content (AvgIpc) is 2.33. The largest absolute Gasteiger partial charge is 0.476 e. The number of nitrogens with zero attached hydrogens (tertiary/aromatic N) is 1. The van der Waals surface area contributed by atoms with Crippen LogP contribution in [0.4, 0.5) is 0 Å². The minimum absolute atomic E-state index is 0.0336.